The van der Waals surface area contributed by atoms with Gasteiger partial charge in [0.15, 0.2) is 0 Å². The fraction of sp³-hybridized carbons (Fsp3) is 0.455. The highest BCUT2D eigenvalue weighted by Crippen LogP contribution is 2.10. The number of aryl methyl sites for hydroxylation is 4. The summed E-state index contributed by atoms with van der Waals surface area (Å²) in [4.78, 5) is 0. The van der Waals surface area contributed by atoms with Crippen molar-refractivity contribution in [3.8, 4) is 0 Å². The molecule has 2 heterocycles. The summed E-state index contributed by atoms with van der Waals surface area (Å²) in [5.41, 5.74) is 3.23. The molecule has 0 spiro atoms. The number of rotatable bonds is 3. The van der Waals surface area contributed by atoms with Crippen LogP contribution in [0, 0.1) is 13.8 Å². The van der Waals surface area contributed by atoms with Gasteiger partial charge in [-0.2, -0.15) is 10.2 Å². The summed E-state index contributed by atoms with van der Waals surface area (Å²) in [6.45, 7) is 4.74. The molecule has 2 aromatic rings. The molecule has 0 unspecified atom stereocenters. The first-order chi connectivity index (χ1) is 7.56. The Kier molecular flexibility index (Phi) is 2.68. The van der Waals surface area contributed by atoms with E-state index in [1.54, 1.807) is 0 Å². The number of aromatic nitrogens is 4. The van der Waals surface area contributed by atoms with Crippen LogP contribution < -0.4 is 5.32 Å². The molecule has 0 fully saturated rings. The van der Waals surface area contributed by atoms with E-state index in [1.807, 2.05) is 43.4 Å². The second-order valence-corrected chi connectivity index (χ2v) is 4.05. The van der Waals surface area contributed by atoms with E-state index in [9.17, 15) is 0 Å². The molecule has 16 heavy (non-hydrogen) atoms. The Balaban J connectivity index is 2.07. The van der Waals surface area contributed by atoms with Crippen molar-refractivity contribution in [1.82, 2.24) is 19.6 Å². The van der Waals surface area contributed by atoms with Crippen LogP contribution in [0.2, 0.25) is 0 Å². The zero-order valence-corrected chi connectivity index (χ0v) is 10.2. The zero-order valence-electron chi connectivity index (χ0n) is 10.2. The lowest BCUT2D eigenvalue weighted by atomic mass is 10.3. The first kappa shape index (κ1) is 10.7. The molecule has 1 N–H and O–H groups in total. The highest BCUT2D eigenvalue weighted by molar-refractivity contribution is 5.37. The van der Waals surface area contributed by atoms with Crippen molar-refractivity contribution in [2.24, 2.45) is 14.1 Å². The van der Waals surface area contributed by atoms with Crippen LogP contribution in [-0.4, -0.2) is 19.6 Å². The van der Waals surface area contributed by atoms with Crippen molar-refractivity contribution in [2.75, 3.05) is 5.32 Å². The van der Waals surface area contributed by atoms with Gasteiger partial charge in [-0.05, 0) is 19.9 Å². The van der Waals surface area contributed by atoms with Crippen molar-refractivity contribution in [1.29, 1.82) is 0 Å². The van der Waals surface area contributed by atoms with Gasteiger partial charge >= 0.3 is 0 Å². The van der Waals surface area contributed by atoms with Crippen LogP contribution >= 0.6 is 0 Å². The standard InChI is InChI=1S/C11H17N5/c1-8-5-10(15(3)13-8)7-12-11-6-9(2)14-16(11)4/h5-6,12H,7H2,1-4H3. The lowest BCUT2D eigenvalue weighted by molar-refractivity contribution is 0.706. The van der Waals surface area contributed by atoms with E-state index >= 15 is 0 Å². The van der Waals surface area contributed by atoms with Gasteiger partial charge in [0.2, 0.25) is 0 Å². The molecule has 5 nitrogen and oxygen atoms in total. The molecule has 2 aromatic heterocycles. The number of hydrogen-bond acceptors (Lipinski definition) is 3. The largest absolute Gasteiger partial charge is 0.365 e. The van der Waals surface area contributed by atoms with Crippen LogP contribution in [0.5, 0.6) is 0 Å². The molecule has 0 amide bonds. The van der Waals surface area contributed by atoms with Crippen LogP contribution in [0.3, 0.4) is 0 Å². The van der Waals surface area contributed by atoms with Crippen LogP contribution in [0.15, 0.2) is 12.1 Å². The first-order valence-electron chi connectivity index (χ1n) is 5.30. The quantitative estimate of drug-likeness (QED) is 0.848. The molecule has 0 aliphatic heterocycles. The zero-order chi connectivity index (χ0) is 11.7. The Hall–Kier alpha value is -1.78. The molecule has 0 saturated heterocycles. The monoisotopic (exact) mass is 219 g/mol. The van der Waals surface area contributed by atoms with E-state index < -0.39 is 0 Å². The van der Waals surface area contributed by atoms with E-state index in [1.165, 1.54) is 0 Å². The Morgan fingerprint density at radius 1 is 1.06 bits per heavy atom. The van der Waals surface area contributed by atoms with Crippen LogP contribution in [0.4, 0.5) is 5.82 Å². The summed E-state index contributed by atoms with van der Waals surface area (Å²) in [6.07, 6.45) is 0. The number of anilines is 1. The molecule has 0 radical (unpaired) electrons. The van der Waals surface area contributed by atoms with E-state index in [4.69, 9.17) is 0 Å². The lowest BCUT2D eigenvalue weighted by Crippen LogP contribution is -2.08. The predicted octanol–water partition coefficient (Wildman–Crippen LogP) is 1.38. The Morgan fingerprint density at radius 3 is 2.19 bits per heavy atom. The maximum absolute atomic E-state index is 4.31. The van der Waals surface area contributed by atoms with Gasteiger partial charge in [-0.15, -0.1) is 0 Å². The van der Waals surface area contributed by atoms with Gasteiger partial charge in [0, 0.05) is 20.2 Å². The highest BCUT2D eigenvalue weighted by atomic mass is 15.3. The lowest BCUT2D eigenvalue weighted by Gasteiger charge is -2.06. The second-order valence-electron chi connectivity index (χ2n) is 4.05. The normalized spacial score (nSPS) is 10.8. The van der Waals surface area contributed by atoms with Gasteiger partial charge < -0.3 is 5.32 Å². The third kappa shape index (κ3) is 2.08. The average molecular weight is 219 g/mol. The molecular weight excluding hydrogens is 202 g/mol. The van der Waals surface area contributed by atoms with Gasteiger partial charge in [0.25, 0.3) is 0 Å². The molecule has 5 heteroatoms. The van der Waals surface area contributed by atoms with Crippen molar-refractivity contribution in [2.45, 2.75) is 20.4 Å². The molecule has 0 aliphatic rings. The summed E-state index contributed by atoms with van der Waals surface area (Å²) < 4.78 is 3.74. The minimum Gasteiger partial charge on any atom is -0.365 e. The average Bonchev–Trinajstić information content (AvgIpc) is 2.66. The molecule has 0 bridgehead atoms. The Morgan fingerprint density at radius 2 is 1.69 bits per heavy atom. The molecule has 0 atom stereocenters. The van der Waals surface area contributed by atoms with Crippen molar-refractivity contribution < 1.29 is 0 Å². The van der Waals surface area contributed by atoms with Gasteiger partial charge in [0.05, 0.1) is 23.6 Å². The Bertz CT molecular complexity index is 448. The van der Waals surface area contributed by atoms with Crippen molar-refractivity contribution in [3.63, 3.8) is 0 Å². The summed E-state index contributed by atoms with van der Waals surface area (Å²) in [7, 11) is 3.89. The number of nitrogens with zero attached hydrogens (tertiary/aromatic N) is 4. The van der Waals surface area contributed by atoms with Crippen LogP contribution in [-0.2, 0) is 20.6 Å². The van der Waals surface area contributed by atoms with Gasteiger partial charge in [0.1, 0.15) is 5.82 Å². The molecule has 86 valence electrons. The van der Waals surface area contributed by atoms with Gasteiger partial charge in [-0.3, -0.25) is 9.36 Å². The molecule has 0 aliphatic carbocycles. The molecular formula is C11H17N5. The summed E-state index contributed by atoms with van der Waals surface area (Å²) in [5, 5.41) is 11.9. The minimum absolute atomic E-state index is 0.760. The summed E-state index contributed by atoms with van der Waals surface area (Å²) >= 11 is 0. The second kappa shape index (κ2) is 4.00. The van der Waals surface area contributed by atoms with Crippen LogP contribution in [0.1, 0.15) is 17.1 Å². The number of hydrogen-bond donors (Lipinski definition) is 1. The third-order valence-electron chi connectivity index (χ3n) is 2.55. The fourth-order valence-electron chi connectivity index (χ4n) is 1.79. The van der Waals surface area contributed by atoms with Crippen molar-refractivity contribution in [3.05, 3.63) is 29.2 Å². The van der Waals surface area contributed by atoms with E-state index in [0.717, 1.165) is 29.4 Å². The van der Waals surface area contributed by atoms with Gasteiger partial charge in [-0.1, -0.05) is 0 Å². The molecule has 0 saturated carbocycles. The molecule has 2 rings (SSSR count). The van der Waals surface area contributed by atoms with Crippen molar-refractivity contribution >= 4 is 5.82 Å². The fourth-order valence-corrected chi connectivity index (χ4v) is 1.79. The SMILES string of the molecule is Cc1cc(CNc2cc(C)nn2C)n(C)n1. The van der Waals surface area contributed by atoms with Crippen LogP contribution in [0.25, 0.3) is 0 Å². The maximum atomic E-state index is 4.31. The minimum atomic E-state index is 0.760. The van der Waals surface area contributed by atoms with E-state index in [0.29, 0.717) is 0 Å². The smallest absolute Gasteiger partial charge is 0.124 e. The predicted molar refractivity (Wildman–Crippen MR) is 63.2 cm³/mol. The van der Waals surface area contributed by atoms with Gasteiger partial charge in [-0.25, -0.2) is 0 Å². The summed E-state index contributed by atoms with van der Waals surface area (Å²) in [6, 6.07) is 4.11. The molecule has 0 aromatic carbocycles. The first-order valence-corrected chi connectivity index (χ1v) is 5.30. The maximum Gasteiger partial charge on any atom is 0.124 e. The summed E-state index contributed by atoms with van der Waals surface area (Å²) in [5.74, 6) is 1.02. The topological polar surface area (TPSA) is 47.7 Å². The number of nitrogens with one attached hydrogen (secondary N) is 1. The Labute approximate surface area is 95.1 Å². The van der Waals surface area contributed by atoms with E-state index in [2.05, 4.69) is 21.6 Å². The van der Waals surface area contributed by atoms with E-state index in [-0.39, 0.29) is 0 Å². The highest BCUT2D eigenvalue weighted by Gasteiger charge is 2.04. The third-order valence-corrected chi connectivity index (χ3v) is 2.55.